The van der Waals surface area contributed by atoms with Gasteiger partial charge in [-0.2, -0.15) is 0 Å². The number of benzene rings is 1. The van der Waals surface area contributed by atoms with Gasteiger partial charge in [0.25, 0.3) is 0 Å². The van der Waals surface area contributed by atoms with Crippen LogP contribution in [-0.2, 0) is 11.3 Å². The predicted octanol–water partition coefficient (Wildman–Crippen LogP) is 2.28. The number of halogens is 1. The summed E-state index contributed by atoms with van der Waals surface area (Å²) in [6, 6.07) is 6.04. The van der Waals surface area contributed by atoms with Gasteiger partial charge in [-0.25, -0.2) is 0 Å². The lowest BCUT2D eigenvalue weighted by Gasteiger charge is -2.24. The molecule has 0 aliphatic carbocycles. The summed E-state index contributed by atoms with van der Waals surface area (Å²) in [5.41, 5.74) is 2.11. The normalized spacial score (nSPS) is 10.8. The van der Waals surface area contributed by atoms with Crippen LogP contribution in [0, 0.1) is 0 Å². The van der Waals surface area contributed by atoms with E-state index < -0.39 is 0 Å². The van der Waals surface area contributed by atoms with E-state index in [2.05, 4.69) is 17.1 Å². The minimum atomic E-state index is 0.112. The molecule has 2 N–H and O–H groups in total. The van der Waals surface area contributed by atoms with Crippen molar-refractivity contribution < 1.29 is 9.84 Å². The maximum Gasteiger partial charge on any atom is 0.0637 e. The van der Waals surface area contributed by atoms with E-state index in [9.17, 15) is 0 Å². The molecule has 20 heavy (non-hydrogen) atoms. The molecule has 0 fully saturated rings. The molecule has 0 bridgehead atoms. The standard InChI is InChI=1S/C15H25ClN2O2/c1-3-6-17-12-13-4-5-14(11-15(13)16)18(7-9-19)8-10-20-2/h4-5,11,17,19H,3,6-10,12H2,1-2H3. The first-order valence-corrected chi connectivity index (χ1v) is 7.44. The molecule has 0 aliphatic heterocycles. The number of aliphatic hydroxyl groups is 1. The third kappa shape index (κ3) is 5.67. The van der Waals surface area contributed by atoms with Crippen LogP contribution in [-0.4, -0.2) is 45.1 Å². The molecule has 4 nitrogen and oxygen atoms in total. The number of nitrogens with zero attached hydrogens (tertiary/aromatic N) is 1. The van der Waals surface area contributed by atoms with Crippen molar-refractivity contribution in [2.24, 2.45) is 0 Å². The van der Waals surface area contributed by atoms with Gasteiger partial charge in [-0.1, -0.05) is 24.6 Å². The Balaban J connectivity index is 2.71. The first-order chi connectivity index (χ1) is 9.72. The number of rotatable bonds is 10. The zero-order valence-electron chi connectivity index (χ0n) is 12.4. The molecule has 0 heterocycles. The predicted molar refractivity (Wildman–Crippen MR) is 84.6 cm³/mol. The lowest BCUT2D eigenvalue weighted by Crippen LogP contribution is -2.30. The monoisotopic (exact) mass is 300 g/mol. The van der Waals surface area contributed by atoms with E-state index >= 15 is 0 Å². The Labute approximate surface area is 126 Å². The summed E-state index contributed by atoms with van der Waals surface area (Å²) in [6.07, 6.45) is 1.11. The fraction of sp³-hybridized carbons (Fsp3) is 0.600. The van der Waals surface area contributed by atoms with Crippen LogP contribution in [0.5, 0.6) is 0 Å². The number of hydrogen-bond donors (Lipinski definition) is 2. The smallest absolute Gasteiger partial charge is 0.0637 e. The van der Waals surface area contributed by atoms with Crippen molar-refractivity contribution in [1.29, 1.82) is 0 Å². The van der Waals surface area contributed by atoms with Gasteiger partial charge in [0, 0.05) is 37.5 Å². The van der Waals surface area contributed by atoms with Gasteiger partial charge in [-0.05, 0) is 30.7 Å². The molecule has 1 aromatic carbocycles. The first-order valence-electron chi connectivity index (χ1n) is 7.06. The Hall–Kier alpha value is -0.810. The van der Waals surface area contributed by atoms with Gasteiger partial charge in [-0.3, -0.25) is 0 Å². The Morgan fingerprint density at radius 1 is 1.35 bits per heavy atom. The number of methoxy groups -OCH3 is 1. The average Bonchev–Trinajstić information content (AvgIpc) is 2.45. The second-order valence-electron chi connectivity index (χ2n) is 4.66. The molecule has 0 saturated carbocycles. The number of anilines is 1. The molecule has 0 atom stereocenters. The fourth-order valence-corrected chi connectivity index (χ4v) is 2.21. The van der Waals surface area contributed by atoms with E-state index in [-0.39, 0.29) is 6.61 Å². The van der Waals surface area contributed by atoms with Crippen molar-refractivity contribution in [2.45, 2.75) is 19.9 Å². The second kappa shape index (κ2) is 10.00. The van der Waals surface area contributed by atoms with Crippen LogP contribution < -0.4 is 10.2 Å². The second-order valence-corrected chi connectivity index (χ2v) is 5.06. The van der Waals surface area contributed by atoms with E-state index in [0.717, 1.165) is 42.3 Å². The third-order valence-electron chi connectivity index (χ3n) is 3.08. The molecule has 0 aromatic heterocycles. The largest absolute Gasteiger partial charge is 0.395 e. The molecule has 5 heteroatoms. The minimum Gasteiger partial charge on any atom is -0.395 e. The van der Waals surface area contributed by atoms with Gasteiger partial charge in [0.05, 0.1) is 13.2 Å². The lowest BCUT2D eigenvalue weighted by molar-refractivity contribution is 0.203. The molecule has 0 radical (unpaired) electrons. The number of nitrogens with one attached hydrogen (secondary N) is 1. The summed E-state index contributed by atoms with van der Waals surface area (Å²) in [4.78, 5) is 2.07. The van der Waals surface area contributed by atoms with E-state index in [1.807, 2.05) is 18.2 Å². The highest BCUT2D eigenvalue weighted by Gasteiger charge is 2.08. The highest BCUT2D eigenvalue weighted by Crippen LogP contribution is 2.23. The molecule has 0 amide bonds. The van der Waals surface area contributed by atoms with Gasteiger partial charge < -0.3 is 20.1 Å². The van der Waals surface area contributed by atoms with Crippen LogP contribution >= 0.6 is 11.6 Å². The molecular formula is C15H25ClN2O2. The number of aliphatic hydroxyl groups excluding tert-OH is 1. The number of hydrogen-bond acceptors (Lipinski definition) is 4. The summed E-state index contributed by atoms with van der Waals surface area (Å²) < 4.78 is 5.09. The van der Waals surface area contributed by atoms with E-state index in [0.29, 0.717) is 13.2 Å². The van der Waals surface area contributed by atoms with E-state index in [1.54, 1.807) is 7.11 Å². The SMILES string of the molecule is CCCNCc1ccc(N(CCO)CCOC)cc1Cl. The van der Waals surface area contributed by atoms with Gasteiger partial charge in [-0.15, -0.1) is 0 Å². The zero-order chi connectivity index (χ0) is 14.8. The van der Waals surface area contributed by atoms with Crippen LogP contribution in [0.15, 0.2) is 18.2 Å². The maximum absolute atomic E-state index is 9.14. The fourth-order valence-electron chi connectivity index (χ4n) is 1.97. The molecule has 0 saturated heterocycles. The van der Waals surface area contributed by atoms with Crippen LogP contribution in [0.25, 0.3) is 0 Å². The first kappa shape index (κ1) is 17.2. The van der Waals surface area contributed by atoms with Crippen LogP contribution in [0.2, 0.25) is 5.02 Å². The van der Waals surface area contributed by atoms with Crippen molar-refractivity contribution in [3.8, 4) is 0 Å². The van der Waals surface area contributed by atoms with Crippen molar-refractivity contribution in [3.05, 3.63) is 28.8 Å². The van der Waals surface area contributed by atoms with E-state index in [4.69, 9.17) is 21.4 Å². The summed E-state index contributed by atoms with van der Waals surface area (Å²) in [7, 11) is 1.67. The van der Waals surface area contributed by atoms with Crippen molar-refractivity contribution >= 4 is 17.3 Å². The maximum atomic E-state index is 9.14. The topological polar surface area (TPSA) is 44.7 Å². The summed E-state index contributed by atoms with van der Waals surface area (Å²) in [6.45, 7) is 5.96. The Morgan fingerprint density at radius 2 is 2.15 bits per heavy atom. The van der Waals surface area contributed by atoms with Gasteiger partial charge in [0.2, 0.25) is 0 Å². The number of ether oxygens (including phenoxy) is 1. The van der Waals surface area contributed by atoms with Gasteiger partial charge in [0.1, 0.15) is 0 Å². The van der Waals surface area contributed by atoms with Crippen LogP contribution in [0.4, 0.5) is 5.69 Å². The third-order valence-corrected chi connectivity index (χ3v) is 3.43. The highest BCUT2D eigenvalue weighted by atomic mass is 35.5. The molecular weight excluding hydrogens is 276 g/mol. The lowest BCUT2D eigenvalue weighted by atomic mass is 10.2. The zero-order valence-corrected chi connectivity index (χ0v) is 13.1. The van der Waals surface area contributed by atoms with Crippen LogP contribution in [0.1, 0.15) is 18.9 Å². The van der Waals surface area contributed by atoms with Gasteiger partial charge >= 0.3 is 0 Å². The summed E-state index contributed by atoms with van der Waals surface area (Å²) >= 11 is 6.33. The molecule has 114 valence electrons. The minimum absolute atomic E-state index is 0.112. The Morgan fingerprint density at radius 3 is 2.75 bits per heavy atom. The highest BCUT2D eigenvalue weighted by molar-refractivity contribution is 6.31. The van der Waals surface area contributed by atoms with Gasteiger partial charge in [0.15, 0.2) is 0 Å². The summed E-state index contributed by atoms with van der Waals surface area (Å²) in [5, 5.41) is 13.2. The summed E-state index contributed by atoms with van der Waals surface area (Å²) in [5.74, 6) is 0. The Bertz CT molecular complexity index is 388. The molecule has 1 rings (SSSR count). The molecule has 0 unspecified atom stereocenters. The molecule has 0 aliphatic rings. The van der Waals surface area contributed by atoms with E-state index in [1.165, 1.54) is 0 Å². The molecule has 1 aromatic rings. The van der Waals surface area contributed by atoms with Crippen LogP contribution in [0.3, 0.4) is 0 Å². The van der Waals surface area contributed by atoms with Crippen molar-refractivity contribution in [2.75, 3.05) is 44.9 Å². The average molecular weight is 301 g/mol. The Kier molecular flexibility index (Phi) is 8.62. The van der Waals surface area contributed by atoms with Crippen molar-refractivity contribution in [1.82, 2.24) is 5.32 Å². The quantitative estimate of drug-likeness (QED) is 0.651. The van der Waals surface area contributed by atoms with Crippen molar-refractivity contribution in [3.63, 3.8) is 0 Å². The molecule has 0 spiro atoms.